The van der Waals surface area contributed by atoms with E-state index in [1.54, 1.807) is 30.3 Å². The van der Waals surface area contributed by atoms with Gasteiger partial charge in [-0.1, -0.05) is 18.2 Å². The Morgan fingerprint density at radius 2 is 1.69 bits per heavy atom. The molecule has 2 aromatic carbocycles. The van der Waals surface area contributed by atoms with Crippen molar-refractivity contribution >= 4 is 15.7 Å². The molecule has 7 heteroatoms. The lowest BCUT2D eigenvalue weighted by atomic mass is 10.2. The highest BCUT2D eigenvalue weighted by Crippen LogP contribution is 2.28. The minimum atomic E-state index is -3.78. The van der Waals surface area contributed by atoms with Crippen LogP contribution in [0, 0.1) is 5.82 Å². The summed E-state index contributed by atoms with van der Waals surface area (Å²) in [5.74, 6) is -0.722. The van der Waals surface area contributed by atoms with Crippen LogP contribution in [-0.2, 0) is 9.84 Å². The summed E-state index contributed by atoms with van der Waals surface area (Å²) >= 11 is 0. The van der Waals surface area contributed by atoms with Crippen molar-refractivity contribution in [3.05, 3.63) is 90.1 Å². The van der Waals surface area contributed by atoms with Crippen LogP contribution < -0.4 is 5.32 Å². The molecule has 0 aliphatic rings. The molecule has 0 saturated heterocycles. The van der Waals surface area contributed by atoms with E-state index in [2.05, 4.69) is 5.32 Å². The van der Waals surface area contributed by atoms with E-state index in [1.165, 1.54) is 42.7 Å². The summed E-state index contributed by atoms with van der Waals surface area (Å²) in [6.45, 7) is -0.180. The summed E-state index contributed by atoms with van der Waals surface area (Å²) in [6.07, 6.45) is 1.38. The van der Waals surface area contributed by atoms with Crippen molar-refractivity contribution in [1.82, 2.24) is 5.32 Å². The van der Waals surface area contributed by atoms with Gasteiger partial charge in [-0.3, -0.25) is 4.79 Å². The first kappa shape index (κ1) is 17.9. The maximum atomic E-state index is 13.0. The number of hydrogen-bond acceptors (Lipinski definition) is 4. The zero-order valence-corrected chi connectivity index (χ0v) is 14.4. The number of furan rings is 1. The van der Waals surface area contributed by atoms with Gasteiger partial charge in [0, 0.05) is 12.1 Å². The lowest BCUT2D eigenvalue weighted by Crippen LogP contribution is -2.31. The Kier molecular flexibility index (Phi) is 5.18. The van der Waals surface area contributed by atoms with Crippen LogP contribution in [-0.4, -0.2) is 20.9 Å². The molecule has 0 bridgehead atoms. The number of rotatable bonds is 6. The second kappa shape index (κ2) is 7.53. The van der Waals surface area contributed by atoms with Crippen LogP contribution in [0.15, 0.2) is 82.3 Å². The molecule has 0 fully saturated rings. The van der Waals surface area contributed by atoms with Gasteiger partial charge in [0.25, 0.3) is 5.91 Å². The zero-order valence-electron chi connectivity index (χ0n) is 13.6. The topological polar surface area (TPSA) is 76.4 Å². The quantitative estimate of drug-likeness (QED) is 0.719. The fourth-order valence-corrected chi connectivity index (χ4v) is 4.11. The Balaban J connectivity index is 1.84. The largest absolute Gasteiger partial charge is 0.468 e. The molecule has 5 nitrogen and oxygen atoms in total. The second-order valence-corrected chi connectivity index (χ2v) is 7.71. The lowest BCUT2D eigenvalue weighted by Gasteiger charge is -2.16. The summed E-state index contributed by atoms with van der Waals surface area (Å²) in [4.78, 5) is 12.4. The van der Waals surface area contributed by atoms with Crippen molar-refractivity contribution in [2.24, 2.45) is 0 Å². The molecule has 1 heterocycles. The van der Waals surface area contributed by atoms with Gasteiger partial charge < -0.3 is 9.73 Å². The minimum Gasteiger partial charge on any atom is -0.468 e. The monoisotopic (exact) mass is 373 g/mol. The maximum absolute atomic E-state index is 13.0. The molecule has 3 aromatic rings. The molecule has 0 spiro atoms. The molecule has 0 saturated carbocycles. The Hall–Kier alpha value is -2.93. The van der Waals surface area contributed by atoms with E-state index >= 15 is 0 Å². The van der Waals surface area contributed by atoms with E-state index in [0.29, 0.717) is 0 Å². The standard InChI is InChI=1S/C19H16FNO4S/c20-15-10-8-14(9-11-15)19(22)21-13-18(17-7-4-12-25-17)26(23,24)16-5-2-1-3-6-16/h1-12,18H,13H2,(H,21,22). The van der Waals surface area contributed by atoms with Gasteiger partial charge in [-0.2, -0.15) is 0 Å². The molecule has 3 rings (SSSR count). The molecule has 0 radical (unpaired) electrons. The lowest BCUT2D eigenvalue weighted by molar-refractivity contribution is 0.0953. The number of carbonyl (C=O) groups is 1. The first-order valence-corrected chi connectivity index (χ1v) is 9.39. The van der Waals surface area contributed by atoms with Gasteiger partial charge in [0.05, 0.1) is 11.2 Å². The van der Waals surface area contributed by atoms with Crippen molar-refractivity contribution in [3.63, 3.8) is 0 Å². The Labute approximate surface area is 150 Å². The van der Waals surface area contributed by atoms with Crippen LogP contribution >= 0.6 is 0 Å². The molecular weight excluding hydrogens is 357 g/mol. The summed E-state index contributed by atoms with van der Waals surface area (Å²) in [7, 11) is -3.78. The van der Waals surface area contributed by atoms with Crippen molar-refractivity contribution in [1.29, 1.82) is 0 Å². The second-order valence-electron chi connectivity index (χ2n) is 5.58. The molecule has 1 atom stereocenters. The van der Waals surface area contributed by atoms with E-state index in [-0.39, 0.29) is 22.8 Å². The van der Waals surface area contributed by atoms with Gasteiger partial charge in [-0.15, -0.1) is 0 Å². The van der Waals surface area contributed by atoms with Crippen LogP contribution in [0.4, 0.5) is 4.39 Å². The Morgan fingerprint density at radius 3 is 2.31 bits per heavy atom. The summed E-state index contributed by atoms with van der Waals surface area (Å²) in [5, 5.41) is 1.50. The number of carbonyl (C=O) groups excluding carboxylic acids is 1. The number of sulfone groups is 1. The highest BCUT2D eigenvalue weighted by molar-refractivity contribution is 7.91. The molecule has 1 unspecified atom stereocenters. The third-order valence-electron chi connectivity index (χ3n) is 3.86. The average Bonchev–Trinajstić information content (AvgIpc) is 3.17. The fourth-order valence-electron chi connectivity index (χ4n) is 2.50. The van der Waals surface area contributed by atoms with Gasteiger partial charge >= 0.3 is 0 Å². The van der Waals surface area contributed by atoms with E-state index in [9.17, 15) is 17.6 Å². The van der Waals surface area contributed by atoms with Gasteiger partial charge in [-0.05, 0) is 48.5 Å². The van der Waals surface area contributed by atoms with Crippen LogP contribution in [0.3, 0.4) is 0 Å². The van der Waals surface area contributed by atoms with E-state index in [0.717, 1.165) is 0 Å². The predicted octanol–water partition coefficient (Wildman–Crippen LogP) is 3.36. The number of benzene rings is 2. The Morgan fingerprint density at radius 1 is 1.00 bits per heavy atom. The molecular formula is C19H16FNO4S. The van der Waals surface area contributed by atoms with E-state index < -0.39 is 26.8 Å². The first-order valence-electron chi connectivity index (χ1n) is 7.84. The molecule has 134 valence electrons. The average molecular weight is 373 g/mol. The van der Waals surface area contributed by atoms with Crippen LogP contribution in [0.2, 0.25) is 0 Å². The van der Waals surface area contributed by atoms with Crippen molar-refractivity contribution in [3.8, 4) is 0 Å². The summed E-state index contributed by atoms with van der Waals surface area (Å²) in [6, 6.07) is 16.1. The van der Waals surface area contributed by atoms with Crippen molar-refractivity contribution < 1.29 is 22.0 Å². The number of hydrogen-bond donors (Lipinski definition) is 1. The molecule has 26 heavy (non-hydrogen) atoms. The molecule has 1 N–H and O–H groups in total. The SMILES string of the molecule is O=C(NCC(c1ccco1)S(=O)(=O)c1ccccc1)c1ccc(F)cc1. The number of amides is 1. The highest BCUT2D eigenvalue weighted by atomic mass is 32.2. The van der Waals surface area contributed by atoms with Crippen molar-refractivity contribution in [2.45, 2.75) is 10.1 Å². The fraction of sp³-hybridized carbons (Fsp3) is 0.105. The van der Waals surface area contributed by atoms with Gasteiger partial charge in [-0.25, -0.2) is 12.8 Å². The van der Waals surface area contributed by atoms with Crippen LogP contribution in [0.25, 0.3) is 0 Å². The van der Waals surface area contributed by atoms with Gasteiger partial charge in [0.1, 0.15) is 16.8 Å². The summed E-state index contributed by atoms with van der Waals surface area (Å²) < 4.78 is 44.2. The van der Waals surface area contributed by atoms with Gasteiger partial charge in [0.15, 0.2) is 9.84 Å². The smallest absolute Gasteiger partial charge is 0.251 e. The molecule has 0 aliphatic carbocycles. The highest BCUT2D eigenvalue weighted by Gasteiger charge is 2.31. The maximum Gasteiger partial charge on any atom is 0.251 e. The minimum absolute atomic E-state index is 0.137. The predicted molar refractivity (Wildman–Crippen MR) is 93.8 cm³/mol. The summed E-state index contributed by atoms with van der Waals surface area (Å²) in [5.41, 5.74) is 0.238. The molecule has 0 aliphatic heterocycles. The van der Waals surface area contributed by atoms with Gasteiger partial charge in [0.2, 0.25) is 0 Å². The Bertz CT molecular complexity index is 968. The third-order valence-corrected chi connectivity index (χ3v) is 5.94. The molecule has 1 aromatic heterocycles. The van der Waals surface area contributed by atoms with E-state index in [4.69, 9.17) is 4.42 Å². The normalized spacial score (nSPS) is 12.5. The van der Waals surface area contributed by atoms with E-state index in [1.807, 2.05) is 0 Å². The third kappa shape index (κ3) is 3.83. The van der Waals surface area contributed by atoms with Crippen molar-refractivity contribution in [2.75, 3.05) is 6.54 Å². The number of halogens is 1. The van der Waals surface area contributed by atoms with Crippen LogP contribution in [0.5, 0.6) is 0 Å². The zero-order chi connectivity index (χ0) is 18.6. The molecule has 1 amide bonds. The van der Waals surface area contributed by atoms with Crippen LogP contribution in [0.1, 0.15) is 21.4 Å². The number of nitrogens with one attached hydrogen (secondary N) is 1. The first-order chi connectivity index (χ1) is 12.5.